The van der Waals surface area contributed by atoms with E-state index in [1.807, 2.05) is 0 Å². The average Bonchev–Trinajstić information content (AvgIpc) is 2.37. The van der Waals surface area contributed by atoms with E-state index in [2.05, 4.69) is 18.7 Å². The number of likely N-dealkylation sites (tertiary alicyclic amines) is 1. The molecule has 0 aromatic heterocycles. The van der Waals surface area contributed by atoms with Crippen LogP contribution in [0.15, 0.2) is 18.2 Å². The molecule has 116 valence electrons. The summed E-state index contributed by atoms with van der Waals surface area (Å²) in [6.45, 7) is 10.1. The van der Waals surface area contributed by atoms with E-state index in [1.165, 1.54) is 12.5 Å². The maximum atomic E-state index is 10.8. The van der Waals surface area contributed by atoms with Gasteiger partial charge in [0.25, 0.3) is 5.69 Å². The topological polar surface area (TPSA) is 55.6 Å². The molecule has 1 aliphatic heterocycles. The Hall–Kier alpha value is -1.62. The molecule has 0 aliphatic carbocycles. The minimum Gasteiger partial charge on any atom is -0.492 e. The SMILES string of the molecule is Cc1cc(OCCN2CC(C)CC(C)C2)ccc1[N+](=O)[O-]. The highest BCUT2D eigenvalue weighted by molar-refractivity contribution is 5.44. The first kappa shape index (κ1) is 15.8. The van der Waals surface area contributed by atoms with Gasteiger partial charge in [0, 0.05) is 31.3 Å². The first-order valence-corrected chi connectivity index (χ1v) is 7.56. The summed E-state index contributed by atoms with van der Waals surface area (Å²) in [5.74, 6) is 2.20. The van der Waals surface area contributed by atoms with Crippen molar-refractivity contribution >= 4 is 5.69 Å². The van der Waals surface area contributed by atoms with Gasteiger partial charge in [-0.3, -0.25) is 15.0 Å². The van der Waals surface area contributed by atoms with Gasteiger partial charge in [0.1, 0.15) is 12.4 Å². The van der Waals surface area contributed by atoms with Gasteiger partial charge < -0.3 is 4.74 Å². The second-order valence-corrected chi connectivity index (χ2v) is 6.26. The van der Waals surface area contributed by atoms with Crippen LogP contribution in [0.3, 0.4) is 0 Å². The molecule has 1 fully saturated rings. The molecule has 21 heavy (non-hydrogen) atoms. The van der Waals surface area contributed by atoms with Crippen LogP contribution in [-0.2, 0) is 0 Å². The minimum absolute atomic E-state index is 0.140. The van der Waals surface area contributed by atoms with Crippen molar-refractivity contribution in [2.24, 2.45) is 11.8 Å². The van der Waals surface area contributed by atoms with Crippen LogP contribution >= 0.6 is 0 Å². The van der Waals surface area contributed by atoms with E-state index in [0.29, 0.717) is 17.9 Å². The fourth-order valence-electron chi connectivity index (χ4n) is 3.19. The van der Waals surface area contributed by atoms with E-state index in [-0.39, 0.29) is 10.6 Å². The van der Waals surface area contributed by atoms with E-state index in [0.717, 1.165) is 31.5 Å². The van der Waals surface area contributed by atoms with Crippen LogP contribution in [0.5, 0.6) is 5.75 Å². The van der Waals surface area contributed by atoms with Gasteiger partial charge in [0.05, 0.1) is 4.92 Å². The Morgan fingerprint density at radius 1 is 1.33 bits per heavy atom. The van der Waals surface area contributed by atoms with Crippen molar-refractivity contribution in [3.05, 3.63) is 33.9 Å². The van der Waals surface area contributed by atoms with Gasteiger partial charge >= 0.3 is 0 Å². The van der Waals surface area contributed by atoms with Crippen LogP contribution in [0.1, 0.15) is 25.8 Å². The second kappa shape index (κ2) is 6.89. The first-order valence-electron chi connectivity index (χ1n) is 7.56. The monoisotopic (exact) mass is 292 g/mol. The van der Waals surface area contributed by atoms with Crippen LogP contribution in [-0.4, -0.2) is 36.1 Å². The van der Waals surface area contributed by atoms with Crippen LogP contribution in [0, 0.1) is 28.9 Å². The van der Waals surface area contributed by atoms with Gasteiger partial charge in [0.2, 0.25) is 0 Å². The van der Waals surface area contributed by atoms with Gasteiger partial charge in [0.15, 0.2) is 0 Å². The Balaban J connectivity index is 1.83. The molecule has 0 bridgehead atoms. The van der Waals surface area contributed by atoms with Gasteiger partial charge in [-0.05, 0) is 37.3 Å². The van der Waals surface area contributed by atoms with Crippen LogP contribution < -0.4 is 4.74 Å². The Labute approximate surface area is 126 Å². The summed E-state index contributed by atoms with van der Waals surface area (Å²) >= 11 is 0. The predicted octanol–water partition coefficient (Wildman–Crippen LogP) is 3.26. The molecule has 0 amide bonds. The number of hydrogen-bond donors (Lipinski definition) is 0. The molecule has 5 heteroatoms. The summed E-state index contributed by atoms with van der Waals surface area (Å²) in [6, 6.07) is 4.92. The highest BCUT2D eigenvalue weighted by Crippen LogP contribution is 2.23. The molecule has 5 nitrogen and oxygen atoms in total. The van der Waals surface area contributed by atoms with Crippen LogP contribution in [0.25, 0.3) is 0 Å². The number of hydrogen-bond acceptors (Lipinski definition) is 4. The number of rotatable bonds is 5. The third kappa shape index (κ3) is 4.43. The number of nitrogens with zero attached hydrogens (tertiary/aromatic N) is 2. The molecule has 0 spiro atoms. The zero-order chi connectivity index (χ0) is 15.4. The zero-order valence-corrected chi connectivity index (χ0v) is 13.0. The van der Waals surface area contributed by atoms with Crippen molar-refractivity contribution in [3.8, 4) is 5.75 Å². The summed E-state index contributed by atoms with van der Waals surface area (Å²) in [4.78, 5) is 12.8. The number of nitro benzene ring substituents is 1. The van der Waals surface area contributed by atoms with Gasteiger partial charge in [-0.2, -0.15) is 0 Å². The van der Waals surface area contributed by atoms with Crippen LogP contribution in [0.4, 0.5) is 5.69 Å². The molecular weight excluding hydrogens is 268 g/mol. The summed E-state index contributed by atoms with van der Waals surface area (Å²) in [5, 5.41) is 10.8. The van der Waals surface area contributed by atoms with Crippen molar-refractivity contribution in [2.75, 3.05) is 26.2 Å². The van der Waals surface area contributed by atoms with Gasteiger partial charge in [-0.1, -0.05) is 13.8 Å². The fraction of sp³-hybridized carbons (Fsp3) is 0.625. The molecular formula is C16H24N2O3. The molecule has 0 radical (unpaired) electrons. The van der Waals surface area contributed by atoms with Gasteiger partial charge in [-0.15, -0.1) is 0 Å². The van der Waals surface area contributed by atoms with Crippen molar-refractivity contribution in [2.45, 2.75) is 27.2 Å². The lowest BCUT2D eigenvalue weighted by Crippen LogP contribution is -2.40. The van der Waals surface area contributed by atoms with E-state index in [9.17, 15) is 10.1 Å². The Kier molecular flexibility index (Phi) is 5.17. The van der Waals surface area contributed by atoms with E-state index in [1.54, 1.807) is 19.1 Å². The average molecular weight is 292 g/mol. The lowest BCUT2D eigenvalue weighted by molar-refractivity contribution is -0.385. The Morgan fingerprint density at radius 3 is 2.57 bits per heavy atom. The third-order valence-electron chi connectivity index (χ3n) is 3.99. The zero-order valence-electron chi connectivity index (χ0n) is 13.0. The molecule has 1 aromatic carbocycles. The van der Waals surface area contributed by atoms with Crippen molar-refractivity contribution in [1.82, 2.24) is 4.90 Å². The summed E-state index contributed by atoms with van der Waals surface area (Å²) in [5.41, 5.74) is 0.777. The molecule has 2 rings (SSSR count). The van der Waals surface area contributed by atoms with E-state index in [4.69, 9.17) is 4.74 Å². The number of ether oxygens (including phenoxy) is 1. The largest absolute Gasteiger partial charge is 0.492 e. The smallest absolute Gasteiger partial charge is 0.272 e. The molecule has 2 atom stereocenters. The van der Waals surface area contributed by atoms with E-state index < -0.39 is 0 Å². The molecule has 1 aromatic rings. The van der Waals surface area contributed by atoms with Crippen LogP contribution in [0.2, 0.25) is 0 Å². The third-order valence-corrected chi connectivity index (χ3v) is 3.99. The normalized spacial score (nSPS) is 23.0. The molecule has 1 aliphatic rings. The number of piperidine rings is 1. The van der Waals surface area contributed by atoms with E-state index >= 15 is 0 Å². The summed E-state index contributed by atoms with van der Waals surface area (Å²) in [6.07, 6.45) is 1.30. The highest BCUT2D eigenvalue weighted by Gasteiger charge is 2.21. The minimum atomic E-state index is -0.365. The highest BCUT2D eigenvalue weighted by atomic mass is 16.6. The fourth-order valence-corrected chi connectivity index (χ4v) is 3.19. The second-order valence-electron chi connectivity index (χ2n) is 6.26. The summed E-state index contributed by atoms with van der Waals surface area (Å²) in [7, 11) is 0. The molecule has 0 N–H and O–H groups in total. The molecule has 1 saturated heterocycles. The number of aryl methyl sites for hydroxylation is 1. The number of nitro groups is 1. The lowest BCUT2D eigenvalue weighted by atomic mass is 9.92. The Morgan fingerprint density at radius 2 is 2.00 bits per heavy atom. The molecule has 0 saturated carbocycles. The summed E-state index contributed by atoms with van der Waals surface area (Å²) < 4.78 is 5.73. The first-order chi connectivity index (χ1) is 9.95. The quantitative estimate of drug-likeness (QED) is 0.617. The number of benzene rings is 1. The van der Waals surface area contributed by atoms with Crippen molar-refractivity contribution in [1.29, 1.82) is 0 Å². The predicted molar refractivity (Wildman–Crippen MR) is 82.7 cm³/mol. The molecule has 2 unspecified atom stereocenters. The maximum absolute atomic E-state index is 10.8. The lowest BCUT2D eigenvalue weighted by Gasteiger charge is -2.34. The maximum Gasteiger partial charge on any atom is 0.272 e. The van der Waals surface area contributed by atoms with Crippen molar-refractivity contribution < 1.29 is 9.66 Å². The Bertz CT molecular complexity index is 494. The van der Waals surface area contributed by atoms with Crippen molar-refractivity contribution in [3.63, 3.8) is 0 Å². The standard InChI is InChI=1S/C16H24N2O3/c1-12-8-13(2)11-17(10-12)6-7-21-15-4-5-16(18(19)20)14(3)9-15/h4-5,9,12-13H,6-8,10-11H2,1-3H3. The van der Waals surface area contributed by atoms with Gasteiger partial charge in [-0.25, -0.2) is 0 Å². The molecule has 1 heterocycles.